The second kappa shape index (κ2) is 3.77. The third-order valence-corrected chi connectivity index (χ3v) is 2.96. The lowest BCUT2D eigenvalue weighted by Gasteiger charge is -2.36. The quantitative estimate of drug-likeness (QED) is 0.671. The maximum Gasteiger partial charge on any atom is 0.407 e. The van der Waals surface area contributed by atoms with Crippen LogP contribution < -0.4 is 5.73 Å². The summed E-state index contributed by atoms with van der Waals surface area (Å²) in [6, 6.07) is 0.0602. The van der Waals surface area contributed by atoms with Crippen LogP contribution in [0.5, 0.6) is 0 Å². The molecule has 82 valence electrons. The Kier molecular flexibility index (Phi) is 3.04. The molecule has 1 amide bonds. The van der Waals surface area contributed by atoms with Gasteiger partial charge in [0.25, 0.3) is 0 Å². The summed E-state index contributed by atoms with van der Waals surface area (Å²) in [4.78, 5) is 12.5. The Morgan fingerprint density at radius 3 is 2.50 bits per heavy atom. The minimum atomic E-state index is -0.819. The second-order valence-corrected chi connectivity index (χ2v) is 5.07. The highest BCUT2D eigenvalue weighted by molar-refractivity contribution is 5.66. The molecule has 1 unspecified atom stereocenters. The second-order valence-electron chi connectivity index (χ2n) is 5.07. The van der Waals surface area contributed by atoms with Crippen LogP contribution in [0.2, 0.25) is 0 Å². The smallest absolute Gasteiger partial charge is 0.407 e. The average Bonchev–Trinajstić information content (AvgIpc) is 2.45. The van der Waals surface area contributed by atoms with E-state index in [2.05, 4.69) is 20.8 Å². The Morgan fingerprint density at radius 1 is 1.57 bits per heavy atom. The van der Waals surface area contributed by atoms with Crippen molar-refractivity contribution in [1.82, 2.24) is 4.90 Å². The Labute approximate surface area is 85.1 Å². The highest BCUT2D eigenvalue weighted by Gasteiger charge is 2.43. The third kappa shape index (κ3) is 2.00. The molecular formula is C10H20N2O2. The molecule has 0 aromatic carbocycles. The van der Waals surface area contributed by atoms with Crippen molar-refractivity contribution in [2.75, 3.05) is 13.1 Å². The van der Waals surface area contributed by atoms with E-state index in [4.69, 9.17) is 10.8 Å². The number of likely N-dealkylation sites (tertiary alicyclic amines) is 1. The molecule has 1 aliphatic rings. The van der Waals surface area contributed by atoms with Gasteiger partial charge in [-0.25, -0.2) is 4.79 Å². The number of nitrogens with two attached hydrogens (primary N) is 1. The maximum atomic E-state index is 11.0. The van der Waals surface area contributed by atoms with Gasteiger partial charge in [0.15, 0.2) is 0 Å². The van der Waals surface area contributed by atoms with Crippen LogP contribution in [0.1, 0.15) is 27.2 Å². The number of carboxylic acid groups (broad SMARTS) is 1. The SMILES string of the molecule is CC(C)(C)C1[C@@H](CN)CCN1C(=O)O. The fraction of sp³-hybridized carbons (Fsp3) is 0.900. The van der Waals surface area contributed by atoms with E-state index >= 15 is 0 Å². The van der Waals surface area contributed by atoms with E-state index in [9.17, 15) is 4.79 Å². The number of hydrogen-bond acceptors (Lipinski definition) is 2. The first-order chi connectivity index (χ1) is 6.38. The molecule has 3 N–H and O–H groups in total. The van der Waals surface area contributed by atoms with Crippen molar-refractivity contribution in [1.29, 1.82) is 0 Å². The first-order valence-electron chi connectivity index (χ1n) is 5.07. The number of nitrogens with zero attached hydrogens (tertiary/aromatic N) is 1. The molecule has 14 heavy (non-hydrogen) atoms. The van der Waals surface area contributed by atoms with Gasteiger partial charge in [0, 0.05) is 12.6 Å². The highest BCUT2D eigenvalue weighted by Crippen LogP contribution is 2.36. The van der Waals surface area contributed by atoms with Crippen molar-refractivity contribution in [2.45, 2.75) is 33.2 Å². The Bertz CT molecular complexity index is 223. The molecule has 1 rings (SSSR count). The lowest BCUT2D eigenvalue weighted by molar-refractivity contribution is 0.0924. The largest absolute Gasteiger partial charge is 0.465 e. The van der Waals surface area contributed by atoms with Crippen LogP contribution >= 0.6 is 0 Å². The van der Waals surface area contributed by atoms with Crippen LogP contribution in [0.3, 0.4) is 0 Å². The summed E-state index contributed by atoms with van der Waals surface area (Å²) in [5, 5.41) is 9.05. The van der Waals surface area contributed by atoms with Gasteiger partial charge >= 0.3 is 6.09 Å². The zero-order valence-corrected chi connectivity index (χ0v) is 9.16. The minimum absolute atomic E-state index is 0.0288. The van der Waals surface area contributed by atoms with Gasteiger partial charge < -0.3 is 15.7 Å². The van der Waals surface area contributed by atoms with E-state index in [-0.39, 0.29) is 11.5 Å². The lowest BCUT2D eigenvalue weighted by atomic mass is 9.79. The van der Waals surface area contributed by atoms with Crippen LogP contribution in [0, 0.1) is 11.3 Å². The van der Waals surface area contributed by atoms with E-state index in [1.54, 1.807) is 0 Å². The van der Waals surface area contributed by atoms with Gasteiger partial charge in [0.2, 0.25) is 0 Å². The fourth-order valence-corrected chi connectivity index (χ4v) is 2.49. The molecule has 0 radical (unpaired) electrons. The molecule has 0 aromatic heterocycles. The molecule has 4 nitrogen and oxygen atoms in total. The van der Waals surface area contributed by atoms with Crippen LogP contribution in [-0.4, -0.2) is 35.2 Å². The van der Waals surface area contributed by atoms with Gasteiger partial charge in [0.1, 0.15) is 0 Å². The van der Waals surface area contributed by atoms with Gasteiger partial charge in [0.05, 0.1) is 0 Å². The predicted octanol–water partition coefficient (Wildman–Crippen LogP) is 1.36. The summed E-state index contributed by atoms with van der Waals surface area (Å²) in [6.45, 7) is 7.41. The monoisotopic (exact) mass is 200 g/mol. The van der Waals surface area contributed by atoms with E-state index in [0.717, 1.165) is 6.42 Å². The van der Waals surface area contributed by atoms with Gasteiger partial charge in [-0.1, -0.05) is 20.8 Å². The molecule has 0 spiro atoms. The van der Waals surface area contributed by atoms with Gasteiger partial charge in [-0.05, 0) is 24.3 Å². The van der Waals surface area contributed by atoms with Crippen molar-refractivity contribution in [2.24, 2.45) is 17.1 Å². The summed E-state index contributed by atoms with van der Waals surface area (Å²) in [6.07, 6.45) is 0.0750. The summed E-state index contributed by atoms with van der Waals surface area (Å²) in [7, 11) is 0. The Hall–Kier alpha value is -0.770. The van der Waals surface area contributed by atoms with E-state index in [1.165, 1.54) is 4.90 Å². The van der Waals surface area contributed by atoms with Crippen LogP contribution in [0.15, 0.2) is 0 Å². The van der Waals surface area contributed by atoms with Crippen molar-refractivity contribution < 1.29 is 9.90 Å². The van der Waals surface area contributed by atoms with E-state index in [0.29, 0.717) is 19.0 Å². The predicted molar refractivity (Wildman–Crippen MR) is 55.1 cm³/mol. The highest BCUT2D eigenvalue weighted by atomic mass is 16.4. The molecule has 0 aromatic rings. The standard InChI is InChI=1S/C10H20N2O2/c1-10(2,3)8-7(6-11)4-5-12(8)9(13)14/h7-8H,4-6,11H2,1-3H3,(H,13,14)/t7-,8?/m1/s1. The Morgan fingerprint density at radius 2 is 2.14 bits per heavy atom. The van der Waals surface area contributed by atoms with Crippen LogP contribution in [-0.2, 0) is 0 Å². The molecule has 1 saturated heterocycles. The molecule has 0 aliphatic carbocycles. The summed E-state index contributed by atoms with van der Waals surface area (Å²) < 4.78 is 0. The van der Waals surface area contributed by atoms with Crippen LogP contribution in [0.25, 0.3) is 0 Å². The molecular weight excluding hydrogens is 180 g/mol. The zero-order chi connectivity index (χ0) is 10.9. The van der Waals surface area contributed by atoms with Crippen LogP contribution in [0.4, 0.5) is 4.79 Å². The minimum Gasteiger partial charge on any atom is -0.465 e. The zero-order valence-electron chi connectivity index (χ0n) is 9.16. The normalized spacial score (nSPS) is 28.1. The van der Waals surface area contributed by atoms with Gasteiger partial charge in [-0.2, -0.15) is 0 Å². The van der Waals surface area contributed by atoms with Crippen molar-refractivity contribution in [3.8, 4) is 0 Å². The van der Waals surface area contributed by atoms with E-state index < -0.39 is 6.09 Å². The number of carbonyl (C=O) groups is 1. The summed E-state index contributed by atoms with van der Waals surface area (Å²) in [5.41, 5.74) is 5.63. The average molecular weight is 200 g/mol. The van der Waals surface area contributed by atoms with Crippen molar-refractivity contribution in [3.05, 3.63) is 0 Å². The summed E-state index contributed by atoms with van der Waals surface area (Å²) in [5.74, 6) is 0.311. The fourth-order valence-electron chi connectivity index (χ4n) is 2.49. The summed E-state index contributed by atoms with van der Waals surface area (Å²) >= 11 is 0. The van der Waals surface area contributed by atoms with Gasteiger partial charge in [-0.15, -0.1) is 0 Å². The molecule has 0 saturated carbocycles. The molecule has 1 fully saturated rings. The third-order valence-electron chi connectivity index (χ3n) is 2.96. The molecule has 4 heteroatoms. The maximum absolute atomic E-state index is 11.0. The molecule has 2 atom stereocenters. The van der Waals surface area contributed by atoms with Gasteiger partial charge in [-0.3, -0.25) is 0 Å². The Balaban J connectivity index is 2.86. The topological polar surface area (TPSA) is 66.6 Å². The van der Waals surface area contributed by atoms with Crippen molar-refractivity contribution in [3.63, 3.8) is 0 Å². The first-order valence-corrected chi connectivity index (χ1v) is 5.07. The number of hydrogen-bond donors (Lipinski definition) is 2. The molecule has 1 aliphatic heterocycles. The number of amides is 1. The van der Waals surface area contributed by atoms with E-state index in [1.807, 2.05) is 0 Å². The molecule has 1 heterocycles. The molecule has 0 bridgehead atoms. The number of rotatable bonds is 1. The van der Waals surface area contributed by atoms with Crippen molar-refractivity contribution >= 4 is 6.09 Å². The first kappa shape index (κ1) is 11.3. The lowest BCUT2D eigenvalue weighted by Crippen LogP contribution is -2.46.